The number of phenols is 2. The number of nitrogens with zero attached hydrogens (tertiary/aromatic N) is 2. The lowest BCUT2D eigenvalue weighted by atomic mass is 9.93. The summed E-state index contributed by atoms with van der Waals surface area (Å²) in [6, 6.07) is 1.09. The standard InChI is InChI=1S/C47H73N9O10S/c1-5-6-7-8-9-10-11-14-23-50-24-26-67(65,66)54-36(16-12-13-22-48)47(64)55(4)41-33-19-21-40(58)35(29-33)34-27-32(18-20-39(34)57)28-37(53-43(60)30(2)51-45(41)62)44(61)52-31(3)46(63)56-25-15-17-38(56)42(49)59/h18-21,27,29-31,36-38,41,50,54,57-58H,5-17,22-26,28,48H2,1-4H3,(H2,49,59)(H,51,62)(H,52,61)(H,53,60). The van der Waals surface area contributed by atoms with Gasteiger partial charge in [0.25, 0.3) is 0 Å². The number of sulfonamides is 1. The third-order valence-corrected chi connectivity index (χ3v) is 13.8. The lowest BCUT2D eigenvalue weighted by Crippen LogP contribution is -2.58. The Morgan fingerprint density at radius 1 is 0.896 bits per heavy atom. The Kier molecular flexibility index (Phi) is 21.3. The third kappa shape index (κ3) is 15.9. The molecule has 0 spiro atoms. The Balaban J connectivity index is 1.59. The lowest BCUT2D eigenvalue weighted by molar-refractivity contribution is -0.141. The number of nitrogens with one attached hydrogen (secondary N) is 5. The predicted molar refractivity (Wildman–Crippen MR) is 255 cm³/mol. The van der Waals surface area contributed by atoms with Gasteiger partial charge in [0.05, 0.1) is 5.75 Å². The fraction of sp³-hybridized carbons (Fsp3) is 0.617. The van der Waals surface area contributed by atoms with Gasteiger partial charge in [-0.2, -0.15) is 0 Å². The zero-order chi connectivity index (χ0) is 49.3. The van der Waals surface area contributed by atoms with Crippen molar-refractivity contribution >= 4 is 45.5 Å². The molecule has 6 atom stereocenters. The molecule has 20 heteroatoms. The molecule has 4 rings (SSSR count). The minimum Gasteiger partial charge on any atom is -0.507 e. The highest BCUT2D eigenvalue weighted by Gasteiger charge is 2.38. The molecule has 0 saturated carbocycles. The van der Waals surface area contributed by atoms with E-state index >= 15 is 0 Å². The highest BCUT2D eigenvalue weighted by atomic mass is 32.2. The first-order valence-corrected chi connectivity index (χ1v) is 25.4. The molecule has 2 aliphatic heterocycles. The quantitative estimate of drug-likeness (QED) is 0.0683. The SMILES string of the molecule is CCCCCCCCCCNCCS(=O)(=O)NC(CCCCN)C(=O)N(C)C1C(=O)NC(C)C(=O)NC(C(=O)NC(C)C(=O)N2CCCC2C(N)=O)Cc2ccc(O)c(c2)-c2cc1ccc2O. The topological polar surface area (TPSA) is 296 Å². The highest BCUT2D eigenvalue weighted by Crippen LogP contribution is 2.39. The first-order valence-electron chi connectivity index (χ1n) is 23.7. The molecule has 1 fully saturated rings. The Morgan fingerprint density at radius 3 is 2.22 bits per heavy atom. The molecule has 6 amide bonds. The number of carbonyl (C=O) groups is 6. The molecule has 2 heterocycles. The number of rotatable bonds is 24. The zero-order valence-corrected chi connectivity index (χ0v) is 40.3. The van der Waals surface area contributed by atoms with Crippen LogP contribution in [0.3, 0.4) is 0 Å². The molecule has 67 heavy (non-hydrogen) atoms. The van der Waals surface area contributed by atoms with E-state index in [4.69, 9.17) is 11.5 Å². The number of carbonyl (C=O) groups excluding carboxylic acids is 6. The van der Waals surface area contributed by atoms with Crippen LogP contribution in [0.2, 0.25) is 0 Å². The second-order valence-corrected chi connectivity index (χ2v) is 19.7. The summed E-state index contributed by atoms with van der Waals surface area (Å²) < 4.78 is 29.5. The highest BCUT2D eigenvalue weighted by molar-refractivity contribution is 7.89. The Labute approximate surface area is 395 Å². The number of hydrogen-bond donors (Lipinski definition) is 9. The van der Waals surface area contributed by atoms with Crippen molar-refractivity contribution < 1.29 is 47.4 Å². The number of primary amides is 1. The maximum atomic E-state index is 14.5. The molecule has 0 aliphatic carbocycles. The summed E-state index contributed by atoms with van der Waals surface area (Å²) in [6.07, 6.45) is 10.9. The number of likely N-dealkylation sites (tertiary alicyclic amines) is 1. The van der Waals surface area contributed by atoms with E-state index in [0.29, 0.717) is 44.3 Å². The number of unbranched alkanes of at least 4 members (excludes halogenated alkanes) is 8. The molecule has 0 radical (unpaired) electrons. The summed E-state index contributed by atoms with van der Waals surface area (Å²) in [7, 11) is -2.68. The van der Waals surface area contributed by atoms with Crippen LogP contribution in [-0.2, 0) is 45.2 Å². The van der Waals surface area contributed by atoms with Crippen LogP contribution in [0.1, 0.15) is 121 Å². The summed E-state index contributed by atoms with van der Waals surface area (Å²) in [6.45, 7) is 6.41. The second kappa shape index (κ2) is 26.3. The van der Waals surface area contributed by atoms with Crippen molar-refractivity contribution in [2.45, 2.75) is 147 Å². The van der Waals surface area contributed by atoms with Crippen LogP contribution < -0.4 is 37.5 Å². The molecule has 19 nitrogen and oxygen atoms in total. The van der Waals surface area contributed by atoms with E-state index in [1.165, 1.54) is 94.3 Å². The van der Waals surface area contributed by atoms with Crippen molar-refractivity contribution in [3.63, 3.8) is 0 Å². The van der Waals surface area contributed by atoms with Crippen LogP contribution in [0.5, 0.6) is 11.5 Å². The minimum absolute atomic E-state index is 0.0668. The van der Waals surface area contributed by atoms with E-state index in [9.17, 15) is 47.4 Å². The van der Waals surface area contributed by atoms with Gasteiger partial charge in [-0.3, -0.25) is 28.8 Å². The minimum atomic E-state index is -4.01. The maximum absolute atomic E-state index is 14.5. The van der Waals surface area contributed by atoms with Gasteiger partial charge in [-0.05, 0) is 94.4 Å². The largest absolute Gasteiger partial charge is 0.507 e. The van der Waals surface area contributed by atoms with Crippen LogP contribution in [0, 0.1) is 0 Å². The van der Waals surface area contributed by atoms with Crippen LogP contribution in [-0.4, -0.2) is 133 Å². The van der Waals surface area contributed by atoms with Crippen molar-refractivity contribution in [3.8, 4) is 22.6 Å². The fourth-order valence-electron chi connectivity index (χ4n) is 8.56. The Bertz CT molecular complexity index is 2140. The second-order valence-electron chi connectivity index (χ2n) is 17.8. The molecule has 2 aromatic rings. The van der Waals surface area contributed by atoms with Gasteiger partial charge in [0.1, 0.15) is 47.8 Å². The molecule has 6 unspecified atom stereocenters. The number of benzene rings is 2. The van der Waals surface area contributed by atoms with Crippen LogP contribution in [0.4, 0.5) is 0 Å². The molecular formula is C47H73N9O10S. The van der Waals surface area contributed by atoms with E-state index in [0.717, 1.165) is 24.2 Å². The van der Waals surface area contributed by atoms with E-state index in [-0.39, 0.29) is 59.9 Å². The summed E-state index contributed by atoms with van der Waals surface area (Å²) in [5, 5.41) is 33.4. The summed E-state index contributed by atoms with van der Waals surface area (Å²) in [5.41, 5.74) is 12.0. The summed E-state index contributed by atoms with van der Waals surface area (Å²) >= 11 is 0. The van der Waals surface area contributed by atoms with Gasteiger partial charge in [0.2, 0.25) is 45.5 Å². The van der Waals surface area contributed by atoms with E-state index in [2.05, 4.69) is 32.9 Å². The van der Waals surface area contributed by atoms with Gasteiger partial charge in [-0.15, -0.1) is 0 Å². The Hall–Kier alpha value is -5.31. The monoisotopic (exact) mass is 956 g/mol. The van der Waals surface area contributed by atoms with Crippen LogP contribution >= 0.6 is 0 Å². The van der Waals surface area contributed by atoms with Gasteiger partial charge < -0.3 is 52.7 Å². The van der Waals surface area contributed by atoms with Crippen molar-refractivity contribution in [2.24, 2.45) is 11.5 Å². The van der Waals surface area contributed by atoms with Gasteiger partial charge in [0.15, 0.2) is 0 Å². The number of phenolic OH excluding ortho intramolecular Hbond substituents is 2. The third-order valence-electron chi connectivity index (χ3n) is 12.4. The number of fused-ring (bicyclic) bond motifs is 5. The van der Waals surface area contributed by atoms with E-state index < -0.39 is 81.7 Å². The zero-order valence-electron chi connectivity index (χ0n) is 39.5. The number of hydrogen-bond acceptors (Lipinski definition) is 12. The summed E-state index contributed by atoms with van der Waals surface area (Å²) in [5.74, 6) is -5.22. The maximum Gasteiger partial charge on any atom is 0.248 e. The molecule has 0 aromatic heterocycles. The van der Waals surface area contributed by atoms with Crippen molar-refractivity contribution in [2.75, 3.05) is 39.0 Å². The molecular weight excluding hydrogens is 883 g/mol. The van der Waals surface area contributed by atoms with Gasteiger partial charge >= 0.3 is 0 Å². The smallest absolute Gasteiger partial charge is 0.248 e. The number of likely N-dealkylation sites (N-methyl/N-ethyl adjacent to an activating group) is 1. The molecule has 1 saturated heterocycles. The van der Waals surface area contributed by atoms with Gasteiger partial charge in [-0.1, -0.05) is 70.4 Å². The van der Waals surface area contributed by atoms with Crippen LogP contribution in [0.15, 0.2) is 36.4 Å². The number of nitrogens with two attached hydrogens (primary N) is 2. The van der Waals surface area contributed by atoms with Crippen LogP contribution in [0.25, 0.3) is 11.1 Å². The van der Waals surface area contributed by atoms with Gasteiger partial charge in [0, 0.05) is 37.7 Å². The normalized spacial score (nSPS) is 19.7. The lowest BCUT2D eigenvalue weighted by Gasteiger charge is -2.32. The molecule has 4 bridgehead atoms. The first-order chi connectivity index (χ1) is 31.9. The Morgan fingerprint density at radius 2 is 1.55 bits per heavy atom. The van der Waals surface area contributed by atoms with Crippen molar-refractivity contribution in [1.29, 1.82) is 0 Å². The molecule has 372 valence electrons. The first kappa shape index (κ1) is 54.3. The van der Waals surface area contributed by atoms with Crippen molar-refractivity contribution in [1.82, 2.24) is 35.8 Å². The predicted octanol–water partition coefficient (Wildman–Crippen LogP) is 1.94. The summed E-state index contributed by atoms with van der Waals surface area (Å²) in [4.78, 5) is 84.5. The number of amides is 6. The molecule has 2 aromatic carbocycles. The number of aromatic hydroxyl groups is 2. The fourth-order valence-corrected chi connectivity index (χ4v) is 9.74. The van der Waals surface area contributed by atoms with Crippen molar-refractivity contribution in [3.05, 3.63) is 47.5 Å². The van der Waals surface area contributed by atoms with E-state index in [1.807, 2.05) is 0 Å². The van der Waals surface area contributed by atoms with Gasteiger partial charge in [-0.25, -0.2) is 13.1 Å². The average molecular weight is 956 g/mol. The average Bonchev–Trinajstić information content (AvgIpc) is 3.79. The molecule has 11 N–H and O–H groups in total. The molecule has 2 aliphatic rings. The van der Waals surface area contributed by atoms with E-state index in [1.54, 1.807) is 0 Å².